The van der Waals surface area contributed by atoms with Crippen molar-refractivity contribution in [2.75, 3.05) is 18.6 Å². The van der Waals surface area contributed by atoms with E-state index in [-0.39, 0.29) is 6.04 Å². The van der Waals surface area contributed by atoms with Crippen LogP contribution in [-0.4, -0.2) is 18.6 Å². The molecule has 0 saturated carbocycles. The Morgan fingerprint density at radius 3 is 2.69 bits per heavy atom. The topological polar surface area (TPSA) is 47.3 Å². The Balaban J connectivity index is 2.12. The fourth-order valence-corrected chi connectivity index (χ4v) is 3.43. The Morgan fingerprint density at radius 2 is 2.19 bits per heavy atom. The molecule has 16 heavy (non-hydrogen) atoms. The molecule has 88 valence electrons. The Kier molecular flexibility index (Phi) is 4.09. The second kappa shape index (κ2) is 5.57. The van der Waals surface area contributed by atoms with E-state index in [1.165, 1.54) is 23.5 Å². The number of thioether (sulfide) groups is 1. The van der Waals surface area contributed by atoms with Gasteiger partial charge < -0.3 is 4.74 Å². The number of hydrogen-bond acceptors (Lipinski definition) is 4. The van der Waals surface area contributed by atoms with Crippen LogP contribution in [0.2, 0.25) is 0 Å². The lowest BCUT2D eigenvalue weighted by atomic mass is 9.93. The molecule has 0 aliphatic carbocycles. The standard InChI is InChI=1S/C12H18N2OS/c1-15-11-4-2-9(3-5-11)12(14-13)10-6-7-16-8-10/h2-5,10,12,14H,6-8,13H2,1H3. The first-order valence-corrected chi connectivity index (χ1v) is 6.68. The van der Waals surface area contributed by atoms with Gasteiger partial charge in [0.15, 0.2) is 0 Å². The van der Waals surface area contributed by atoms with E-state index in [9.17, 15) is 0 Å². The zero-order valence-electron chi connectivity index (χ0n) is 9.48. The number of methoxy groups -OCH3 is 1. The summed E-state index contributed by atoms with van der Waals surface area (Å²) >= 11 is 2.01. The Hall–Kier alpha value is -0.710. The smallest absolute Gasteiger partial charge is 0.118 e. The third-order valence-electron chi connectivity index (χ3n) is 3.09. The molecule has 1 aromatic carbocycles. The predicted octanol–water partition coefficient (Wildman–Crippen LogP) is 1.95. The van der Waals surface area contributed by atoms with E-state index < -0.39 is 0 Å². The molecular weight excluding hydrogens is 220 g/mol. The minimum atomic E-state index is 0.265. The maximum absolute atomic E-state index is 5.66. The highest BCUT2D eigenvalue weighted by molar-refractivity contribution is 7.99. The lowest BCUT2D eigenvalue weighted by Crippen LogP contribution is -2.33. The first-order chi connectivity index (χ1) is 7.85. The van der Waals surface area contributed by atoms with Gasteiger partial charge in [-0.15, -0.1) is 0 Å². The van der Waals surface area contributed by atoms with Crippen molar-refractivity contribution in [1.82, 2.24) is 5.43 Å². The third-order valence-corrected chi connectivity index (χ3v) is 4.28. The molecule has 1 aromatic rings. The van der Waals surface area contributed by atoms with Crippen molar-refractivity contribution in [3.05, 3.63) is 29.8 Å². The van der Waals surface area contributed by atoms with Crippen LogP contribution >= 0.6 is 11.8 Å². The highest BCUT2D eigenvalue weighted by atomic mass is 32.2. The van der Waals surface area contributed by atoms with Crippen molar-refractivity contribution in [2.45, 2.75) is 12.5 Å². The van der Waals surface area contributed by atoms with Crippen molar-refractivity contribution >= 4 is 11.8 Å². The Labute approximate surface area is 101 Å². The van der Waals surface area contributed by atoms with Crippen molar-refractivity contribution in [1.29, 1.82) is 0 Å². The summed E-state index contributed by atoms with van der Waals surface area (Å²) in [6.45, 7) is 0. The maximum Gasteiger partial charge on any atom is 0.118 e. The van der Waals surface area contributed by atoms with E-state index in [2.05, 4.69) is 17.6 Å². The minimum absolute atomic E-state index is 0.265. The van der Waals surface area contributed by atoms with Gasteiger partial charge in [-0.2, -0.15) is 11.8 Å². The molecule has 0 spiro atoms. The molecule has 0 radical (unpaired) electrons. The van der Waals surface area contributed by atoms with Crippen LogP contribution in [0.3, 0.4) is 0 Å². The van der Waals surface area contributed by atoms with Gasteiger partial charge in [0.25, 0.3) is 0 Å². The van der Waals surface area contributed by atoms with E-state index in [0.29, 0.717) is 5.92 Å². The van der Waals surface area contributed by atoms with Gasteiger partial charge in [0.2, 0.25) is 0 Å². The summed E-state index contributed by atoms with van der Waals surface area (Å²) in [6, 6.07) is 8.42. The van der Waals surface area contributed by atoms with E-state index in [1.807, 2.05) is 23.9 Å². The van der Waals surface area contributed by atoms with Gasteiger partial charge in [0.1, 0.15) is 5.75 Å². The van der Waals surface area contributed by atoms with Crippen LogP contribution in [-0.2, 0) is 0 Å². The molecule has 3 N–H and O–H groups in total. The molecule has 1 aliphatic heterocycles. The molecule has 4 heteroatoms. The van der Waals surface area contributed by atoms with Gasteiger partial charge >= 0.3 is 0 Å². The lowest BCUT2D eigenvalue weighted by molar-refractivity contribution is 0.397. The first-order valence-electron chi connectivity index (χ1n) is 5.53. The van der Waals surface area contributed by atoms with Crippen molar-refractivity contribution in [3.63, 3.8) is 0 Å². The maximum atomic E-state index is 5.66. The van der Waals surface area contributed by atoms with Crippen molar-refractivity contribution < 1.29 is 4.74 Å². The molecule has 1 saturated heterocycles. The molecule has 0 amide bonds. The predicted molar refractivity (Wildman–Crippen MR) is 68.5 cm³/mol. The van der Waals surface area contributed by atoms with Crippen LogP contribution < -0.4 is 16.0 Å². The van der Waals surface area contributed by atoms with Crippen LogP contribution in [0, 0.1) is 5.92 Å². The summed E-state index contributed by atoms with van der Waals surface area (Å²) < 4.78 is 5.15. The zero-order valence-corrected chi connectivity index (χ0v) is 10.3. The summed E-state index contributed by atoms with van der Waals surface area (Å²) in [6.07, 6.45) is 1.24. The van der Waals surface area contributed by atoms with E-state index in [4.69, 9.17) is 10.6 Å². The molecule has 1 heterocycles. The monoisotopic (exact) mass is 238 g/mol. The van der Waals surface area contributed by atoms with Gasteiger partial charge in [-0.05, 0) is 41.5 Å². The Morgan fingerprint density at radius 1 is 1.44 bits per heavy atom. The summed E-state index contributed by atoms with van der Waals surface area (Å²) in [4.78, 5) is 0. The molecule has 1 aliphatic rings. The fraction of sp³-hybridized carbons (Fsp3) is 0.500. The average Bonchev–Trinajstić information content (AvgIpc) is 2.85. The van der Waals surface area contributed by atoms with Crippen LogP contribution in [0.5, 0.6) is 5.75 Å². The molecular formula is C12H18N2OS. The van der Waals surface area contributed by atoms with Gasteiger partial charge in [-0.1, -0.05) is 12.1 Å². The minimum Gasteiger partial charge on any atom is -0.497 e. The SMILES string of the molecule is COc1ccc(C(NN)C2CCSC2)cc1. The van der Waals surface area contributed by atoms with Crippen LogP contribution in [0.1, 0.15) is 18.0 Å². The molecule has 0 bridgehead atoms. The molecule has 2 unspecified atom stereocenters. The zero-order chi connectivity index (χ0) is 11.4. The Bertz CT molecular complexity index is 322. The van der Waals surface area contributed by atoms with Crippen LogP contribution in [0.15, 0.2) is 24.3 Å². The number of nitrogens with two attached hydrogens (primary N) is 1. The summed E-state index contributed by atoms with van der Waals surface area (Å²) in [5.41, 5.74) is 4.19. The molecule has 1 fully saturated rings. The highest BCUT2D eigenvalue weighted by Gasteiger charge is 2.25. The van der Waals surface area contributed by atoms with Crippen molar-refractivity contribution in [2.24, 2.45) is 11.8 Å². The van der Waals surface area contributed by atoms with Gasteiger partial charge in [-0.25, -0.2) is 0 Å². The lowest BCUT2D eigenvalue weighted by Gasteiger charge is -2.22. The number of rotatable bonds is 4. The van der Waals surface area contributed by atoms with E-state index >= 15 is 0 Å². The quantitative estimate of drug-likeness (QED) is 0.622. The van der Waals surface area contributed by atoms with Crippen LogP contribution in [0.25, 0.3) is 0 Å². The normalized spacial score (nSPS) is 22.0. The number of ether oxygens (including phenoxy) is 1. The molecule has 0 aromatic heterocycles. The first kappa shape index (κ1) is 11.8. The molecule has 3 nitrogen and oxygen atoms in total. The number of nitrogens with one attached hydrogen (secondary N) is 1. The van der Waals surface area contributed by atoms with Gasteiger partial charge in [0.05, 0.1) is 7.11 Å². The number of benzene rings is 1. The van der Waals surface area contributed by atoms with E-state index in [0.717, 1.165) is 5.75 Å². The van der Waals surface area contributed by atoms with Crippen LogP contribution in [0.4, 0.5) is 0 Å². The van der Waals surface area contributed by atoms with Crippen molar-refractivity contribution in [3.8, 4) is 5.75 Å². The highest BCUT2D eigenvalue weighted by Crippen LogP contribution is 2.34. The average molecular weight is 238 g/mol. The summed E-state index contributed by atoms with van der Waals surface area (Å²) in [5.74, 6) is 9.64. The third kappa shape index (κ3) is 2.51. The summed E-state index contributed by atoms with van der Waals surface area (Å²) in [5, 5.41) is 0. The summed E-state index contributed by atoms with van der Waals surface area (Å²) in [7, 11) is 1.68. The fourth-order valence-electron chi connectivity index (χ4n) is 2.13. The molecule has 2 atom stereocenters. The van der Waals surface area contributed by atoms with E-state index in [1.54, 1.807) is 7.11 Å². The number of hydrazine groups is 1. The number of hydrogen-bond donors (Lipinski definition) is 2. The van der Waals surface area contributed by atoms with Gasteiger partial charge in [-0.3, -0.25) is 11.3 Å². The second-order valence-corrected chi connectivity index (χ2v) is 5.19. The van der Waals surface area contributed by atoms with Gasteiger partial charge in [0, 0.05) is 6.04 Å². The molecule has 2 rings (SSSR count). The largest absolute Gasteiger partial charge is 0.497 e. The second-order valence-electron chi connectivity index (χ2n) is 4.04.